The second-order valence-electron chi connectivity index (χ2n) is 3.09. The summed E-state index contributed by atoms with van der Waals surface area (Å²) in [5.41, 5.74) is 1.44. The number of oxime groups is 1. The van der Waals surface area contributed by atoms with E-state index in [1.807, 2.05) is 24.3 Å². The van der Waals surface area contributed by atoms with Crippen molar-refractivity contribution in [3.05, 3.63) is 42.2 Å². The van der Waals surface area contributed by atoms with Gasteiger partial charge in [0.25, 0.3) is 0 Å². The fourth-order valence-electron chi connectivity index (χ4n) is 1.46. The van der Waals surface area contributed by atoms with Gasteiger partial charge in [-0.15, -0.1) is 0 Å². The molecular formula is C11H10N2O. The van der Waals surface area contributed by atoms with E-state index < -0.39 is 0 Å². The first-order valence-corrected chi connectivity index (χ1v) is 4.34. The molecule has 0 aliphatic carbocycles. The van der Waals surface area contributed by atoms with Crippen molar-refractivity contribution in [3.63, 3.8) is 0 Å². The third kappa shape index (κ3) is 1.33. The van der Waals surface area contributed by atoms with Crippen LogP contribution in [0.3, 0.4) is 0 Å². The van der Waals surface area contributed by atoms with Crippen LogP contribution in [0.25, 0.3) is 10.8 Å². The van der Waals surface area contributed by atoms with Crippen molar-refractivity contribution in [2.75, 3.05) is 0 Å². The molecular weight excluding hydrogens is 176 g/mol. The third-order valence-electron chi connectivity index (χ3n) is 2.21. The standard InChI is InChI=1S/C11H10N2O/c1-8(13-14)11-7-12-6-9-4-2-3-5-10(9)11/h2-7,14H,1H3/b13-8-. The van der Waals surface area contributed by atoms with Crippen LogP contribution in [0.5, 0.6) is 0 Å². The fourth-order valence-corrected chi connectivity index (χ4v) is 1.46. The Hall–Kier alpha value is -1.90. The minimum absolute atomic E-state index is 0.578. The molecule has 0 saturated carbocycles. The van der Waals surface area contributed by atoms with Gasteiger partial charge in [-0.25, -0.2) is 0 Å². The van der Waals surface area contributed by atoms with Gasteiger partial charge in [0.1, 0.15) is 0 Å². The number of aromatic nitrogens is 1. The van der Waals surface area contributed by atoms with Crippen LogP contribution in [0.1, 0.15) is 12.5 Å². The lowest BCUT2D eigenvalue weighted by Gasteiger charge is -2.03. The van der Waals surface area contributed by atoms with E-state index in [4.69, 9.17) is 5.21 Å². The Labute approximate surface area is 81.7 Å². The summed E-state index contributed by atoms with van der Waals surface area (Å²) >= 11 is 0. The summed E-state index contributed by atoms with van der Waals surface area (Å²) in [6, 6.07) is 7.88. The number of pyridine rings is 1. The summed E-state index contributed by atoms with van der Waals surface area (Å²) in [6.45, 7) is 1.75. The van der Waals surface area contributed by atoms with Crippen molar-refractivity contribution >= 4 is 16.5 Å². The highest BCUT2D eigenvalue weighted by atomic mass is 16.4. The molecule has 0 unspecified atom stereocenters. The second kappa shape index (κ2) is 3.46. The zero-order valence-electron chi connectivity index (χ0n) is 7.81. The topological polar surface area (TPSA) is 45.5 Å². The van der Waals surface area contributed by atoms with Crippen LogP contribution in [-0.2, 0) is 0 Å². The highest BCUT2D eigenvalue weighted by Crippen LogP contribution is 2.17. The molecule has 1 heterocycles. The molecule has 0 saturated heterocycles. The van der Waals surface area contributed by atoms with Gasteiger partial charge in [0.2, 0.25) is 0 Å². The SMILES string of the molecule is C/C(=N/O)c1cncc2ccccc12. The summed E-state index contributed by atoms with van der Waals surface area (Å²) in [6.07, 6.45) is 3.50. The highest BCUT2D eigenvalue weighted by molar-refractivity contribution is 6.08. The average molecular weight is 186 g/mol. The number of hydrogen-bond donors (Lipinski definition) is 1. The maximum Gasteiger partial charge on any atom is 0.0858 e. The zero-order valence-corrected chi connectivity index (χ0v) is 7.81. The Morgan fingerprint density at radius 3 is 2.86 bits per heavy atom. The van der Waals surface area contributed by atoms with Gasteiger partial charge in [-0.1, -0.05) is 29.4 Å². The van der Waals surface area contributed by atoms with E-state index in [1.165, 1.54) is 0 Å². The lowest BCUT2D eigenvalue weighted by Crippen LogP contribution is -1.96. The van der Waals surface area contributed by atoms with Crippen LogP contribution in [0, 0.1) is 0 Å². The predicted octanol–water partition coefficient (Wildman–Crippen LogP) is 2.43. The average Bonchev–Trinajstić information content (AvgIpc) is 2.27. The van der Waals surface area contributed by atoms with Crippen molar-refractivity contribution in [1.82, 2.24) is 4.98 Å². The number of rotatable bonds is 1. The van der Waals surface area contributed by atoms with E-state index in [0.29, 0.717) is 5.71 Å². The minimum Gasteiger partial charge on any atom is -0.411 e. The van der Waals surface area contributed by atoms with Crippen LogP contribution in [0.2, 0.25) is 0 Å². The molecule has 1 N–H and O–H groups in total. The molecule has 0 aliphatic heterocycles. The van der Waals surface area contributed by atoms with E-state index >= 15 is 0 Å². The van der Waals surface area contributed by atoms with Crippen molar-refractivity contribution < 1.29 is 5.21 Å². The molecule has 14 heavy (non-hydrogen) atoms. The molecule has 1 aromatic carbocycles. The van der Waals surface area contributed by atoms with E-state index in [1.54, 1.807) is 19.3 Å². The second-order valence-corrected chi connectivity index (χ2v) is 3.09. The molecule has 0 radical (unpaired) electrons. The first kappa shape index (κ1) is 8.69. The van der Waals surface area contributed by atoms with Crippen LogP contribution < -0.4 is 0 Å². The highest BCUT2D eigenvalue weighted by Gasteiger charge is 2.03. The fraction of sp³-hybridized carbons (Fsp3) is 0.0909. The molecule has 0 fully saturated rings. The maximum atomic E-state index is 8.71. The van der Waals surface area contributed by atoms with Gasteiger partial charge in [0, 0.05) is 23.3 Å². The van der Waals surface area contributed by atoms with Crippen molar-refractivity contribution in [2.24, 2.45) is 5.16 Å². The lowest BCUT2D eigenvalue weighted by atomic mass is 10.1. The van der Waals surface area contributed by atoms with E-state index in [2.05, 4.69) is 10.1 Å². The first-order valence-electron chi connectivity index (χ1n) is 4.34. The Morgan fingerprint density at radius 1 is 1.29 bits per heavy atom. The first-order chi connectivity index (χ1) is 6.83. The van der Waals surface area contributed by atoms with Crippen LogP contribution >= 0.6 is 0 Å². The van der Waals surface area contributed by atoms with E-state index in [0.717, 1.165) is 16.3 Å². The van der Waals surface area contributed by atoms with Gasteiger partial charge in [-0.2, -0.15) is 0 Å². The third-order valence-corrected chi connectivity index (χ3v) is 2.21. The quantitative estimate of drug-likeness (QED) is 0.422. The van der Waals surface area contributed by atoms with Crippen molar-refractivity contribution in [1.29, 1.82) is 0 Å². The molecule has 0 spiro atoms. The normalized spacial score (nSPS) is 11.9. The Morgan fingerprint density at radius 2 is 2.07 bits per heavy atom. The van der Waals surface area contributed by atoms with Crippen molar-refractivity contribution in [3.8, 4) is 0 Å². The van der Waals surface area contributed by atoms with Gasteiger partial charge in [0.15, 0.2) is 0 Å². The summed E-state index contributed by atoms with van der Waals surface area (Å²) in [5, 5.41) is 14.0. The molecule has 3 heteroatoms. The summed E-state index contributed by atoms with van der Waals surface area (Å²) in [5.74, 6) is 0. The number of benzene rings is 1. The van der Waals surface area contributed by atoms with Crippen LogP contribution in [0.15, 0.2) is 41.8 Å². The Bertz CT molecular complexity index is 486. The van der Waals surface area contributed by atoms with Crippen molar-refractivity contribution in [2.45, 2.75) is 6.92 Å². The van der Waals surface area contributed by atoms with Gasteiger partial charge in [0.05, 0.1) is 5.71 Å². The minimum atomic E-state index is 0.578. The molecule has 0 amide bonds. The van der Waals surface area contributed by atoms with Gasteiger partial charge in [-0.05, 0) is 12.3 Å². The largest absolute Gasteiger partial charge is 0.411 e. The molecule has 2 aromatic rings. The molecule has 3 nitrogen and oxygen atoms in total. The number of nitrogens with zero attached hydrogens (tertiary/aromatic N) is 2. The predicted molar refractivity (Wildman–Crippen MR) is 55.7 cm³/mol. The summed E-state index contributed by atoms with van der Waals surface area (Å²) in [7, 11) is 0. The van der Waals surface area contributed by atoms with Gasteiger partial charge >= 0.3 is 0 Å². The summed E-state index contributed by atoms with van der Waals surface area (Å²) < 4.78 is 0. The molecule has 0 bridgehead atoms. The van der Waals surface area contributed by atoms with Gasteiger partial charge in [-0.3, -0.25) is 4.98 Å². The van der Waals surface area contributed by atoms with Crippen LogP contribution in [-0.4, -0.2) is 15.9 Å². The molecule has 2 rings (SSSR count). The number of fused-ring (bicyclic) bond motifs is 1. The number of hydrogen-bond acceptors (Lipinski definition) is 3. The molecule has 70 valence electrons. The van der Waals surface area contributed by atoms with E-state index in [9.17, 15) is 0 Å². The molecule has 1 aromatic heterocycles. The molecule has 0 aliphatic rings. The van der Waals surface area contributed by atoms with Gasteiger partial charge < -0.3 is 5.21 Å². The zero-order chi connectivity index (χ0) is 9.97. The van der Waals surface area contributed by atoms with E-state index in [-0.39, 0.29) is 0 Å². The molecule has 0 atom stereocenters. The Kier molecular flexibility index (Phi) is 2.14. The maximum absolute atomic E-state index is 8.71. The monoisotopic (exact) mass is 186 g/mol. The summed E-state index contributed by atoms with van der Waals surface area (Å²) in [4.78, 5) is 4.09. The Balaban J connectivity index is 2.77. The smallest absolute Gasteiger partial charge is 0.0858 e. The lowest BCUT2D eigenvalue weighted by molar-refractivity contribution is 0.319. The van der Waals surface area contributed by atoms with Crippen LogP contribution in [0.4, 0.5) is 0 Å².